The van der Waals surface area contributed by atoms with E-state index in [2.05, 4.69) is 121 Å². The summed E-state index contributed by atoms with van der Waals surface area (Å²) in [4.78, 5) is 15.6. The van der Waals surface area contributed by atoms with Crippen molar-refractivity contribution in [2.75, 3.05) is 0 Å². The van der Waals surface area contributed by atoms with Crippen LogP contribution >= 0.6 is 0 Å². The minimum atomic E-state index is -0.0112. The molecule has 0 saturated heterocycles. The first-order valence-corrected chi connectivity index (χ1v) is 18.5. The highest BCUT2D eigenvalue weighted by molar-refractivity contribution is 6.15. The molecule has 4 heterocycles. The van der Waals surface area contributed by atoms with E-state index in [1.165, 1.54) is 5.56 Å². The predicted molar refractivity (Wildman–Crippen MR) is 219 cm³/mol. The van der Waals surface area contributed by atoms with Gasteiger partial charge in [0.15, 0.2) is 17.5 Å². The summed E-state index contributed by atoms with van der Waals surface area (Å²) in [7, 11) is 0. The normalized spacial score (nSPS) is 16.0. The van der Waals surface area contributed by atoms with Crippen molar-refractivity contribution in [2.45, 2.75) is 12.0 Å². The van der Waals surface area contributed by atoms with Gasteiger partial charge in [-0.1, -0.05) is 127 Å². The summed E-state index contributed by atoms with van der Waals surface area (Å²) >= 11 is 0. The molecule has 10 aromatic rings. The maximum absolute atomic E-state index is 6.81. The van der Waals surface area contributed by atoms with Crippen molar-refractivity contribution in [3.8, 4) is 51.0 Å². The van der Waals surface area contributed by atoms with E-state index in [-0.39, 0.29) is 12.0 Å². The fourth-order valence-corrected chi connectivity index (χ4v) is 8.58. The van der Waals surface area contributed by atoms with E-state index < -0.39 is 0 Å². The van der Waals surface area contributed by atoms with Gasteiger partial charge in [-0.2, -0.15) is 0 Å². The van der Waals surface area contributed by atoms with Gasteiger partial charge in [-0.15, -0.1) is 0 Å². The highest BCUT2D eigenvalue weighted by atomic mass is 16.5. The molecule has 12 rings (SSSR count). The molecule has 2 unspecified atom stereocenters. The zero-order chi connectivity index (χ0) is 36.0. The first kappa shape index (κ1) is 30.2. The number of ether oxygens (including phenoxy) is 1. The number of benzene rings is 7. The number of furan rings is 2. The number of aromatic nitrogens is 3. The summed E-state index contributed by atoms with van der Waals surface area (Å²) in [6.45, 7) is 0. The Balaban J connectivity index is 1.09. The molecule has 0 N–H and O–H groups in total. The molecule has 0 spiro atoms. The van der Waals surface area contributed by atoms with Crippen LogP contribution in [0.4, 0.5) is 0 Å². The van der Waals surface area contributed by atoms with Crippen LogP contribution in [0.1, 0.15) is 11.5 Å². The van der Waals surface area contributed by atoms with E-state index in [1.54, 1.807) is 0 Å². The van der Waals surface area contributed by atoms with Gasteiger partial charge in [0, 0.05) is 49.7 Å². The van der Waals surface area contributed by atoms with Crippen LogP contribution in [0.5, 0.6) is 5.75 Å². The molecule has 3 aromatic heterocycles. The molecular formula is C49H29N3O3. The molecule has 6 nitrogen and oxygen atoms in total. The van der Waals surface area contributed by atoms with Crippen molar-refractivity contribution in [2.24, 2.45) is 0 Å². The molecule has 0 saturated carbocycles. The topological polar surface area (TPSA) is 74.2 Å². The molecule has 0 bridgehead atoms. The molecule has 2 aliphatic rings. The first-order valence-electron chi connectivity index (χ1n) is 18.5. The van der Waals surface area contributed by atoms with E-state index >= 15 is 0 Å². The van der Waals surface area contributed by atoms with Crippen LogP contribution in [-0.4, -0.2) is 21.1 Å². The summed E-state index contributed by atoms with van der Waals surface area (Å²) in [6.07, 6.45) is 8.51. The standard InChI is InChI=1S/C49H29N3O3/c1-2-12-29-27-30(26-25-28(29)11-1)47-50-48(52-49(51-47)38-20-8-16-33-31-13-3-5-21-39(31)54-46(33)38)37-19-10-24-42-44(37)36-18-7-17-34(45(36)55-42)32-15-9-23-41-43(32)35-14-4-6-22-40(35)53-41/h1-27,35,40H. The molecule has 55 heavy (non-hydrogen) atoms. The molecule has 7 aromatic carbocycles. The second kappa shape index (κ2) is 11.6. The van der Waals surface area contributed by atoms with Gasteiger partial charge in [0.25, 0.3) is 0 Å². The van der Waals surface area contributed by atoms with Crippen molar-refractivity contribution in [3.05, 3.63) is 169 Å². The Kier molecular flexibility index (Phi) is 6.36. The maximum Gasteiger partial charge on any atom is 0.167 e. The number of rotatable bonds is 4. The van der Waals surface area contributed by atoms with Crippen LogP contribution in [0.15, 0.2) is 173 Å². The minimum absolute atomic E-state index is 0.0112. The van der Waals surface area contributed by atoms with Crippen LogP contribution < -0.4 is 4.74 Å². The van der Waals surface area contributed by atoms with E-state index in [0.717, 1.165) is 88.2 Å². The lowest BCUT2D eigenvalue weighted by molar-refractivity contribution is 0.269. The van der Waals surface area contributed by atoms with E-state index in [0.29, 0.717) is 17.5 Å². The van der Waals surface area contributed by atoms with Crippen LogP contribution in [0.2, 0.25) is 0 Å². The second-order valence-corrected chi connectivity index (χ2v) is 14.2. The summed E-state index contributed by atoms with van der Waals surface area (Å²) in [6, 6.07) is 47.7. The highest BCUT2D eigenvalue weighted by Crippen LogP contribution is 2.49. The van der Waals surface area contributed by atoms with Crippen LogP contribution in [0.25, 0.3) is 99.9 Å². The molecule has 0 amide bonds. The van der Waals surface area contributed by atoms with Gasteiger partial charge in [-0.3, -0.25) is 0 Å². The molecule has 1 aliphatic carbocycles. The largest absolute Gasteiger partial charge is 0.485 e. The Morgan fingerprint density at radius 3 is 2.05 bits per heavy atom. The van der Waals surface area contributed by atoms with Crippen LogP contribution in [0.3, 0.4) is 0 Å². The van der Waals surface area contributed by atoms with Gasteiger partial charge in [-0.25, -0.2) is 15.0 Å². The second-order valence-electron chi connectivity index (χ2n) is 14.2. The zero-order valence-corrected chi connectivity index (χ0v) is 29.3. The van der Waals surface area contributed by atoms with Gasteiger partial charge in [0.05, 0.1) is 5.56 Å². The molecule has 2 atom stereocenters. The average Bonchev–Trinajstić information content (AvgIpc) is 3.95. The molecule has 0 radical (unpaired) electrons. The van der Waals surface area contributed by atoms with Crippen molar-refractivity contribution >= 4 is 54.6 Å². The summed E-state index contributed by atoms with van der Waals surface area (Å²) in [5, 5.41) is 6.27. The maximum atomic E-state index is 6.81. The van der Waals surface area contributed by atoms with Crippen LogP contribution in [0, 0.1) is 0 Å². The average molecular weight is 708 g/mol. The fourth-order valence-electron chi connectivity index (χ4n) is 8.58. The first-order chi connectivity index (χ1) is 27.2. The molecular weight excluding hydrogens is 679 g/mol. The lowest BCUT2D eigenvalue weighted by atomic mass is 9.86. The van der Waals surface area contributed by atoms with E-state index in [9.17, 15) is 0 Å². The molecule has 0 fully saturated rings. The van der Waals surface area contributed by atoms with Crippen molar-refractivity contribution in [1.29, 1.82) is 0 Å². The minimum Gasteiger partial charge on any atom is -0.485 e. The third-order valence-corrected chi connectivity index (χ3v) is 11.1. The highest BCUT2D eigenvalue weighted by Gasteiger charge is 2.35. The number of nitrogens with zero attached hydrogens (tertiary/aromatic N) is 3. The Morgan fingerprint density at radius 2 is 1.11 bits per heavy atom. The molecule has 6 heteroatoms. The summed E-state index contributed by atoms with van der Waals surface area (Å²) in [5.41, 5.74) is 9.01. The van der Waals surface area contributed by atoms with Gasteiger partial charge >= 0.3 is 0 Å². The van der Waals surface area contributed by atoms with Crippen LogP contribution in [-0.2, 0) is 0 Å². The Bertz CT molecular complexity index is 3280. The smallest absolute Gasteiger partial charge is 0.167 e. The SMILES string of the molecule is C1=CC2Oc3cccc(-c4cccc5c4oc4cccc(-c6nc(-c7ccc8ccccc8c7)nc(-c7cccc8c7oc7ccccc78)n6)c45)c3C2C=C1. The summed E-state index contributed by atoms with van der Waals surface area (Å²) in [5.74, 6) is 2.72. The number of allylic oxidation sites excluding steroid dienone is 2. The van der Waals surface area contributed by atoms with Gasteiger partial charge in [0.2, 0.25) is 0 Å². The van der Waals surface area contributed by atoms with Gasteiger partial charge < -0.3 is 13.6 Å². The summed E-state index contributed by atoms with van der Waals surface area (Å²) < 4.78 is 19.7. The number of hydrogen-bond acceptors (Lipinski definition) is 6. The lowest BCUT2D eigenvalue weighted by Gasteiger charge is -2.16. The lowest BCUT2D eigenvalue weighted by Crippen LogP contribution is -2.15. The van der Waals surface area contributed by atoms with Crippen molar-refractivity contribution < 1.29 is 13.6 Å². The van der Waals surface area contributed by atoms with Crippen molar-refractivity contribution in [1.82, 2.24) is 15.0 Å². The Hall–Kier alpha value is -7.31. The number of fused-ring (bicyclic) bond motifs is 10. The molecule has 1 aliphatic heterocycles. The van der Waals surface area contributed by atoms with E-state index in [4.69, 9.17) is 28.5 Å². The third-order valence-electron chi connectivity index (χ3n) is 11.1. The Labute approximate surface area is 314 Å². The third kappa shape index (κ3) is 4.58. The predicted octanol–water partition coefficient (Wildman–Crippen LogP) is 12.5. The number of para-hydroxylation sites is 3. The Morgan fingerprint density at radius 1 is 0.455 bits per heavy atom. The monoisotopic (exact) mass is 707 g/mol. The fraction of sp³-hybridized carbons (Fsp3) is 0.0408. The zero-order valence-electron chi connectivity index (χ0n) is 29.3. The number of hydrogen-bond donors (Lipinski definition) is 0. The quantitative estimate of drug-likeness (QED) is 0.181. The molecule has 258 valence electrons. The van der Waals surface area contributed by atoms with E-state index in [1.807, 2.05) is 42.5 Å². The van der Waals surface area contributed by atoms with Gasteiger partial charge in [0.1, 0.15) is 34.2 Å². The van der Waals surface area contributed by atoms with Crippen molar-refractivity contribution in [3.63, 3.8) is 0 Å². The van der Waals surface area contributed by atoms with Gasteiger partial charge in [-0.05, 0) is 52.7 Å².